The van der Waals surface area contributed by atoms with Gasteiger partial charge < -0.3 is 15.2 Å². The summed E-state index contributed by atoms with van der Waals surface area (Å²) in [6.45, 7) is 2.42. The highest BCUT2D eigenvalue weighted by Crippen LogP contribution is 2.28. The maximum Gasteiger partial charge on any atom is 0.136 e. The van der Waals surface area contributed by atoms with Crippen LogP contribution in [0, 0.1) is 6.92 Å². The molecule has 4 heteroatoms. The Morgan fingerprint density at radius 3 is 2.70 bits per heavy atom. The van der Waals surface area contributed by atoms with Crippen molar-refractivity contribution in [1.29, 1.82) is 0 Å². The third-order valence-corrected chi connectivity index (χ3v) is 3.59. The molecule has 0 heterocycles. The van der Waals surface area contributed by atoms with E-state index in [2.05, 4.69) is 15.9 Å². The minimum Gasteiger partial charge on any atom is -0.497 e. The number of ether oxygens (including phenoxy) is 2. The third-order valence-electron chi connectivity index (χ3n) is 3.10. The van der Waals surface area contributed by atoms with Crippen LogP contribution in [0.5, 0.6) is 11.5 Å². The van der Waals surface area contributed by atoms with E-state index < -0.39 is 0 Å². The van der Waals surface area contributed by atoms with Crippen LogP contribution >= 0.6 is 15.9 Å². The Hall–Kier alpha value is -1.52. The zero-order valence-corrected chi connectivity index (χ0v) is 13.2. The molecule has 2 N–H and O–H groups in total. The van der Waals surface area contributed by atoms with Gasteiger partial charge in [-0.2, -0.15) is 0 Å². The predicted octanol–water partition coefficient (Wildman–Crippen LogP) is 3.84. The van der Waals surface area contributed by atoms with Crippen molar-refractivity contribution in [3.63, 3.8) is 0 Å². The summed E-state index contributed by atoms with van der Waals surface area (Å²) < 4.78 is 12.3. The fourth-order valence-corrected chi connectivity index (χ4v) is 2.29. The maximum absolute atomic E-state index is 6.05. The minimum atomic E-state index is -0.196. The van der Waals surface area contributed by atoms with Gasteiger partial charge in [-0.1, -0.05) is 34.1 Å². The average molecular weight is 336 g/mol. The second-order valence-corrected chi connectivity index (χ2v) is 5.44. The molecule has 0 saturated carbocycles. The minimum absolute atomic E-state index is 0.196. The summed E-state index contributed by atoms with van der Waals surface area (Å²) in [6.07, 6.45) is -0.196. The number of benzene rings is 2. The Labute approximate surface area is 127 Å². The van der Waals surface area contributed by atoms with Gasteiger partial charge in [0.1, 0.15) is 17.6 Å². The monoisotopic (exact) mass is 335 g/mol. The van der Waals surface area contributed by atoms with Crippen LogP contribution in [0.2, 0.25) is 0 Å². The largest absolute Gasteiger partial charge is 0.497 e. The van der Waals surface area contributed by atoms with E-state index in [4.69, 9.17) is 15.2 Å². The fraction of sp³-hybridized carbons (Fsp3) is 0.250. The molecule has 0 aliphatic carbocycles. The van der Waals surface area contributed by atoms with Gasteiger partial charge in [0.05, 0.1) is 7.11 Å². The van der Waals surface area contributed by atoms with Crippen LogP contribution < -0.4 is 15.2 Å². The third kappa shape index (κ3) is 3.52. The lowest BCUT2D eigenvalue weighted by atomic mass is 10.1. The lowest BCUT2D eigenvalue weighted by Crippen LogP contribution is -2.18. The lowest BCUT2D eigenvalue weighted by Gasteiger charge is -2.20. The molecule has 1 unspecified atom stereocenters. The van der Waals surface area contributed by atoms with Crippen molar-refractivity contribution in [2.24, 2.45) is 5.73 Å². The van der Waals surface area contributed by atoms with Crippen LogP contribution in [0.1, 0.15) is 17.2 Å². The molecule has 0 bridgehead atoms. The van der Waals surface area contributed by atoms with Gasteiger partial charge in [-0.15, -0.1) is 0 Å². The van der Waals surface area contributed by atoms with Crippen LogP contribution in [0.15, 0.2) is 46.9 Å². The summed E-state index contributed by atoms with van der Waals surface area (Å²) in [5, 5.41) is 0. The SMILES string of the molecule is COc1cccc(C(CN)Oc2cc(Br)ccc2C)c1. The first kappa shape index (κ1) is 14.9. The Balaban J connectivity index is 2.26. The Morgan fingerprint density at radius 2 is 2.00 bits per heavy atom. The molecule has 2 aromatic carbocycles. The van der Waals surface area contributed by atoms with Crippen molar-refractivity contribution in [3.8, 4) is 11.5 Å². The standard InChI is InChI=1S/C16H18BrNO2/c1-11-6-7-13(17)9-15(11)20-16(10-18)12-4-3-5-14(8-12)19-2/h3-9,16H,10,18H2,1-2H3. The van der Waals surface area contributed by atoms with Gasteiger partial charge in [-0.05, 0) is 42.3 Å². The summed E-state index contributed by atoms with van der Waals surface area (Å²) in [7, 11) is 1.65. The molecule has 3 nitrogen and oxygen atoms in total. The summed E-state index contributed by atoms with van der Waals surface area (Å²) in [6, 6.07) is 13.7. The second kappa shape index (κ2) is 6.77. The first-order valence-electron chi connectivity index (χ1n) is 6.41. The Morgan fingerprint density at radius 1 is 1.20 bits per heavy atom. The molecule has 0 saturated heterocycles. The van der Waals surface area contributed by atoms with Crippen LogP contribution in [-0.2, 0) is 0 Å². The molecule has 0 radical (unpaired) electrons. The van der Waals surface area contributed by atoms with Gasteiger partial charge in [-0.25, -0.2) is 0 Å². The predicted molar refractivity (Wildman–Crippen MR) is 84.3 cm³/mol. The second-order valence-electron chi connectivity index (χ2n) is 4.53. The van der Waals surface area contributed by atoms with E-state index in [9.17, 15) is 0 Å². The Kier molecular flexibility index (Phi) is 5.04. The zero-order valence-electron chi connectivity index (χ0n) is 11.6. The van der Waals surface area contributed by atoms with E-state index in [1.807, 2.05) is 49.4 Å². The molecule has 106 valence electrons. The maximum atomic E-state index is 6.05. The molecule has 0 aromatic heterocycles. The van der Waals surface area contributed by atoms with E-state index in [1.165, 1.54) is 0 Å². The lowest BCUT2D eigenvalue weighted by molar-refractivity contribution is 0.212. The molecule has 0 aliphatic heterocycles. The highest BCUT2D eigenvalue weighted by atomic mass is 79.9. The molecule has 2 rings (SSSR count). The molecule has 0 amide bonds. The van der Waals surface area contributed by atoms with Crippen molar-refractivity contribution in [3.05, 3.63) is 58.1 Å². The van der Waals surface area contributed by atoms with Crippen molar-refractivity contribution >= 4 is 15.9 Å². The van der Waals surface area contributed by atoms with E-state index >= 15 is 0 Å². The molecule has 0 spiro atoms. The van der Waals surface area contributed by atoms with Crippen molar-refractivity contribution in [2.75, 3.05) is 13.7 Å². The number of aryl methyl sites for hydroxylation is 1. The van der Waals surface area contributed by atoms with Crippen molar-refractivity contribution in [2.45, 2.75) is 13.0 Å². The van der Waals surface area contributed by atoms with E-state index in [0.717, 1.165) is 27.1 Å². The summed E-state index contributed by atoms with van der Waals surface area (Å²) in [5.74, 6) is 1.63. The average Bonchev–Trinajstić information content (AvgIpc) is 2.48. The van der Waals surface area contributed by atoms with Gasteiger partial charge >= 0.3 is 0 Å². The van der Waals surface area contributed by atoms with Crippen LogP contribution in [0.4, 0.5) is 0 Å². The van der Waals surface area contributed by atoms with E-state index in [-0.39, 0.29) is 6.10 Å². The van der Waals surface area contributed by atoms with Gasteiger partial charge in [0, 0.05) is 11.0 Å². The molecular weight excluding hydrogens is 318 g/mol. The van der Waals surface area contributed by atoms with Crippen molar-refractivity contribution < 1.29 is 9.47 Å². The van der Waals surface area contributed by atoms with Crippen molar-refractivity contribution in [1.82, 2.24) is 0 Å². The number of nitrogens with two attached hydrogens (primary N) is 1. The zero-order chi connectivity index (χ0) is 14.5. The molecule has 2 aromatic rings. The smallest absolute Gasteiger partial charge is 0.136 e. The van der Waals surface area contributed by atoms with Crippen LogP contribution in [-0.4, -0.2) is 13.7 Å². The number of rotatable bonds is 5. The molecule has 1 atom stereocenters. The topological polar surface area (TPSA) is 44.5 Å². The number of hydrogen-bond donors (Lipinski definition) is 1. The summed E-state index contributed by atoms with van der Waals surface area (Å²) >= 11 is 3.46. The highest BCUT2D eigenvalue weighted by Gasteiger charge is 2.14. The van der Waals surface area contributed by atoms with Gasteiger partial charge in [0.25, 0.3) is 0 Å². The molecule has 0 fully saturated rings. The summed E-state index contributed by atoms with van der Waals surface area (Å²) in [4.78, 5) is 0. The van der Waals surface area contributed by atoms with E-state index in [0.29, 0.717) is 6.54 Å². The Bertz CT molecular complexity index is 586. The first-order chi connectivity index (χ1) is 9.63. The number of methoxy groups -OCH3 is 1. The fourth-order valence-electron chi connectivity index (χ4n) is 1.95. The van der Waals surface area contributed by atoms with E-state index in [1.54, 1.807) is 7.11 Å². The van der Waals surface area contributed by atoms with Gasteiger partial charge in [0.15, 0.2) is 0 Å². The molecule has 20 heavy (non-hydrogen) atoms. The summed E-state index contributed by atoms with van der Waals surface area (Å²) in [5.41, 5.74) is 7.94. The number of halogens is 1. The highest BCUT2D eigenvalue weighted by molar-refractivity contribution is 9.10. The molecule has 0 aliphatic rings. The van der Waals surface area contributed by atoms with Gasteiger partial charge in [-0.3, -0.25) is 0 Å². The quantitative estimate of drug-likeness (QED) is 0.902. The van der Waals surface area contributed by atoms with Crippen LogP contribution in [0.3, 0.4) is 0 Å². The normalized spacial score (nSPS) is 12.0. The molecular formula is C16H18BrNO2. The van der Waals surface area contributed by atoms with Gasteiger partial charge in [0.2, 0.25) is 0 Å². The van der Waals surface area contributed by atoms with Crippen LogP contribution in [0.25, 0.3) is 0 Å². The first-order valence-corrected chi connectivity index (χ1v) is 7.20. The number of hydrogen-bond acceptors (Lipinski definition) is 3.